The summed E-state index contributed by atoms with van der Waals surface area (Å²) in [5.41, 5.74) is 1.74. The van der Waals surface area contributed by atoms with Crippen LogP contribution >= 0.6 is 23.4 Å². The van der Waals surface area contributed by atoms with Gasteiger partial charge in [0.15, 0.2) is 5.17 Å². The van der Waals surface area contributed by atoms with Gasteiger partial charge in [0.1, 0.15) is 24.2 Å². The molecule has 1 saturated heterocycles. The van der Waals surface area contributed by atoms with Crippen LogP contribution in [0.25, 0.3) is 0 Å². The Bertz CT molecular complexity index is 1000. The highest BCUT2D eigenvalue weighted by Gasteiger charge is 2.51. The van der Waals surface area contributed by atoms with Crippen LogP contribution in [0.15, 0.2) is 47.5 Å². The van der Waals surface area contributed by atoms with Crippen LogP contribution in [-0.4, -0.2) is 52.1 Å². The van der Waals surface area contributed by atoms with Crippen molar-refractivity contribution in [2.45, 2.75) is 38.2 Å². The first kappa shape index (κ1) is 24.4. The van der Waals surface area contributed by atoms with E-state index in [2.05, 4.69) is 4.99 Å². The van der Waals surface area contributed by atoms with E-state index in [-0.39, 0.29) is 17.5 Å². The van der Waals surface area contributed by atoms with E-state index in [1.807, 2.05) is 38.1 Å². The molecule has 2 N–H and O–H groups in total. The lowest BCUT2D eigenvalue weighted by atomic mass is 10.1. The van der Waals surface area contributed by atoms with E-state index in [0.717, 1.165) is 17.7 Å². The fourth-order valence-corrected chi connectivity index (χ4v) is 4.40. The number of halogens is 1. The summed E-state index contributed by atoms with van der Waals surface area (Å²) in [5.74, 6) is 0.512. The lowest BCUT2D eigenvalue weighted by Crippen LogP contribution is -2.42. The van der Waals surface area contributed by atoms with Gasteiger partial charge < -0.3 is 19.7 Å². The highest BCUT2D eigenvalue weighted by Crippen LogP contribution is 2.43. The number of hydrogen-bond donors (Lipinski definition) is 2. The van der Waals surface area contributed by atoms with Gasteiger partial charge in [-0.3, -0.25) is 14.7 Å². The third-order valence-corrected chi connectivity index (χ3v) is 6.19. The third-order valence-electron chi connectivity index (χ3n) is 4.75. The zero-order valence-electron chi connectivity index (χ0n) is 18.2. The normalized spacial score (nSPS) is 20.6. The van der Waals surface area contributed by atoms with Gasteiger partial charge in [-0.15, -0.1) is 0 Å². The Morgan fingerprint density at radius 1 is 1.28 bits per heavy atom. The number of nitrogens with zero attached hydrogens (tertiary/aromatic N) is 2. The SMILES string of the molecule is CCCN=C1SC(C)(Oc2ccc(OC[C@@H](O)CO)c(Cl)c2)C(=O)N1c1ccccc1C. The number of carbonyl (C=O) groups is 1. The number of aliphatic hydroxyl groups is 2. The average molecular weight is 479 g/mol. The fourth-order valence-electron chi connectivity index (χ4n) is 3.08. The van der Waals surface area contributed by atoms with E-state index >= 15 is 0 Å². The molecule has 0 spiro atoms. The van der Waals surface area contributed by atoms with Crippen molar-refractivity contribution >= 4 is 40.1 Å². The molecule has 3 rings (SSSR count). The molecular weight excluding hydrogens is 452 g/mol. The number of hydrogen-bond acceptors (Lipinski definition) is 7. The smallest absolute Gasteiger partial charge is 0.288 e. The zero-order chi connectivity index (χ0) is 23.3. The third kappa shape index (κ3) is 5.38. The maximum atomic E-state index is 13.5. The van der Waals surface area contributed by atoms with Gasteiger partial charge in [0.25, 0.3) is 5.91 Å². The van der Waals surface area contributed by atoms with E-state index in [9.17, 15) is 9.90 Å². The van der Waals surface area contributed by atoms with Crippen LogP contribution in [0, 0.1) is 6.92 Å². The maximum absolute atomic E-state index is 13.5. The Morgan fingerprint density at radius 2 is 2.03 bits per heavy atom. The van der Waals surface area contributed by atoms with Crippen LogP contribution in [0.2, 0.25) is 5.02 Å². The Balaban J connectivity index is 1.85. The first-order chi connectivity index (χ1) is 15.3. The van der Waals surface area contributed by atoms with Gasteiger partial charge in [-0.05, 0) is 55.8 Å². The second kappa shape index (κ2) is 10.6. The molecule has 32 heavy (non-hydrogen) atoms. The minimum absolute atomic E-state index is 0.0921. The molecule has 1 unspecified atom stereocenters. The molecule has 0 bridgehead atoms. The number of amides is 1. The summed E-state index contributed by atoms with van der Waals surface area (Å²) < 4.78 is 11.5. The van der Waals surface area contributed by atoms with Gasteiger partial charge in [0.2, 0.25) is 4.93 Å². The van der Waals surface area contributed by atoms with Gasteiger partial charge in [-0.2, -0.15) is 0 Å². The molecule has 1 amide bonds. The predicted molar refractivity (Wildman–Crippen MR) is 128 cm³/mol. The molecule has 0 radical (unpaired) electrons. The van der Waals surface area contributed by atoms with Crippen molar-refractivity contribution in [1.82, 2.24) is 0 Å². The predicted octanol–water partition coefficient (Wildman–Crippen LogP) is 4.02. The summed E-state index contributed by atoms with van der Waals surface area (Å²) in [4.78, 5) is 18.5. The molecule has 2 aromatic carbocycles. The molecule has 0 saturated carbocycles. The Kier molecular flexibility index (Phi) is 8.05. The van der Waals surface area contributed by atoms with Gasteiger partial charge in [-0.1, -0.05) is 36.7 Å². The Hall–Kier alpha value is -2.26. The summed E-state index contributed by atoms with van der Waals surface area (Å²) in [6, 6.07) is 12.5. The molecule has 1 heterocycles. The van der Waals surface area contributed by atoms with Crippen LogP contribution in [0.1, 0.15) is 25.8 Å². The summed E-state index contributed by atoms with van der Waals surface area (Å²) in [6.45, 7) is 5.81. The maximum Gasteiger partial charge on any atom is 0.288 e. The zero-order valence-corrected chi connectivity index (χ0v) is 19.8. The van der Waals surface area contributed by atoms with Gasteiger partial charge >= 0.3 is 0 Å². The molecule has 172 valence electrons. The number of para-hydroxylation sites is 1. The first-order valence-electron chi connectivity index (χ1n) is 10.3. The number of amidine groups is 1. The first-order valence-corrected chi connectivity index (χ1v) is 11.5. The minimum Gasteiger partial charge on any atom is -0.489 e. The molecule has 9 heteroatoms. The molecule has 1 fully saturated rings. The second-order valence-electron chi connectivity index (χ2n) is 7.48. The number of aryl methyl sites for hydroxylation is 1. The van der Waals surface area contributed by atoms with Crippen molar-refractivity contribution in [1.29, 1.82) is 0 Å². The lowest BCUT2D eigenvalue weighted by molar-refractivity contribution is -0.125. The summed E-state index contributed by atoms with van der Waals surface area (Å²) in [6.07, 6.45) is -0.138. The van der Waals surface area contributed by atoms with Gasteiger partial charge in [0, 0.05) is 12.6 Å². The van der Waals surface area contributed by atoms with Gasteiger partial charge in [0.05, 0.1) is 17.3 Å². The van der Waals surface area contributed by atoms with Crippen molar-refractivity contribution in [3.63, 3.8) is 0 Å². The Morgan fingerprint density at radius 3 is 2.69 bits per heavy atom. The summed E-state index contributed by atoms with van der Waals surface area (Å²) >= 11 is 7.55. The molecule has 7 nitrogen and oxygen atoms in total. The number of ether oxygens (including phenoxy) is 2. The number of rotatable bonds is 9. The van der Waals surface area contributed by atoms with Crippen LogP contribution in [0.4, 0.5) is 5.69 Å². The van der Waals surface area contributed by atoms with Crippen molar-refractivity contribution in [2.75, 3.05) is 24.7 Å². The summed E-state index contributed by atoms with van der Waals surface area (Å²) in [7, 11) is 0. The van der Waals surface area contributed by atoms with E-state index in [4.69, 9.17) is 26.2 Å². The average Bonchev–Trinajstić information content (AvgIpc) is 3.01. The van der Waals surface area contributed by atoms with E-state index in [1.165, 1.54) is 11.8 Å². The van der Waals surface area contributed by atoms with Crippen molar-refractivity contribution in [3.05, 3.63) is 53.1 Å². The van der Waals surface area contributed by atoms with Crippen LogP contribution in [0.3, 0.4) is 0 Å². The summed E-state index contributed by atoms with van der Waals surface area (Å²) in [5, 5.41) is 19.2. The van der Waals surface area contributed by atoms with Gasteiger partial charge in [-0.25, -0.2) is 0 Å². The quantitative estimate of drug-likeness (QED) is 0.565. The highest BCUT2D eigenvalue weighted by atomic mass is 35.5. The van der Waals surface area contributed by atoms with Crippen molar-refractivity contribution < 1.29 is 24.5 Å². The number of carbonyl (C=O) groups excluding carboxylic acids is 1. The highest BCUT2D eigenvalue weighted by molar-refractivity contribution is 8.16. The molecule has 2 atom stereocenters. The van der Waals surface area contributed by atoms with Crippen LogP contribution in [-0.2, 0) is 4.79 Å². The lowest BCUT2D eigenvalue weighted by Gasteiger charge is -2.24. The molecule has 0 aliphatic carbocycles. The van der Waals surface area contributed by atoms with Crippen LogP contribution in [0.5, 0.6) is 11.5 Å². The fraction of sp³-hybridized carbons (Fsp3) is 0.391. The van der Waals surface area contributed by atoms with Crippen molar-refractivity contribution in [3.8, 4) is 11.5 Å². The standard InChI is InChI=1S/C23H27ClN2O5S/c1-4-11-25-22-26(19-8-6-5-7-15(19)2)21(29)23(3,32-22)31-17-9-10-20(18(24)12-17)30-14-16(28)13-27/h5-10,12,16,27-28H,4,11,13-14H2,1-3H3/t16-,23?/m0/s1. The second-order valence-corrected chi connectivity index (χ2v) is 9.24. The topological polar surface area (TPSA) is 91.6 Å². The van der Waals surface area contributed by atoms with Crippen molar-refractivity contribution in [2.24, 2.45) is 4.99 Å². The van der Waals surface area contributed by atoms with Crippen LogP contribution < -0.4 is 14.4 Å². The molecule has 1 aliphatic rings. The number of anilines is 1. The van der Waals surface area contributed by atoms with E-state index in [0.29, 0.717) is 23.2 Å². The molecular formula is C23H27ClN2O5S. The Labute approximate surface area is 197 Å². The molecule has 0 aromatic heterocycles. The number of thioether (sulfide) groups is 1. The van der Waals surface area contributed by atoms with E-state index < -0.39 is 17.6 Å². The number of aliphatic hydroxyl groups excluding tert-OH is 2. The molecule has 1 aliphatic heterocycles. The number of aliphatic imine (C=N–C) groups is 1. The minimum atomic E-state index is -1.23. The molecule has 2 aromatic rings. The van der Waals surface area contributed by atoms with E-state index in [1.54, 1.807) is 30.0 Å². The number of benzene rings is 2. The monoisotopic (exact) mass is 478 g/mol. The largest absolute Gasteiger partial charge is 0.489 e.